The molecule has 1 aromatic heterocycles. The number of carbonyl (C=O) groups is 1. The fourth-order valence-corrected chi connectivity index (χ4v) is 3.20. The Morgan fingerprint density at radius 2 is 2.24 bits per heavy atom. The van der Waals surface area contributed by atoms with E-state index in [1.165, 1.54) is 29.8 Å². The fraction of sp³-hybridized carbons (Fsp3) is 0.692. The normalized spacial score (nSPS) is 13.7. The molecular formula is C13H20N2OS. The van der Waals surface area contributed by atoms with Gasteiger partial charge in [-0.2, -0.15) is 0 Å². The Bertz CT molecular complexity index is 365. The molecule has 1 amide bonds. The quantitative estimate of drug-likeness (QED) is 0.787. The van der Waals surface area contributed by atoms with Crippen LogP contribution >= 0.6 is 11.3 Å². The van der Waals surface area contributed by atoms with Crippen LogP contribution in [0.25, 0.3) is 0 Å². The molecule has 1 aromatic rings. The van der Waals surface area contributed by atoms with Crippen molar-refractivity contribution in [1.82, 2.24) is 4.98 Å². The largest absolute Gasteiger partial charge is 0.302 e. The first-order chi connectivity index (χ1) is 8.29. The molecule has 0 spiro atoms. The molecule has 0 fully saturated rings. The zero-order valence-electron chi connectivity index (χ0n) is 10.4. The Morgan fingerprint density at radius 3 is 3.00 bits per heavy atom. The van der Waals surface area contributed by atoms with Gasteiger partial charge in [0.2, 0.25) is 5.91 Å². The summed E-state index contributed by atoms with van der Waals surface area (Å²) in [7, 11) is 0. The number of hydrogen-bond acceptors (Lipinski definition) is 3. The van der Waals surface area contributed by atoms with Gasteiger partial charge in [-0.05, 0) is 25.7 Å². The first kappa shape index (κ1) is 12.6. The number of nitrogens with zero attached hydrogens (tertiary/aromatic N) is 1. The van der Waals surface area contributed by atoms with Gasteiger partial charge >= 0.3 is 0 Å². The minimum Gasteiger partial charge on any atom is -0.302 e. The minimum atomic E-state index is 0.119. The second kappa shape index (κ2) is 6.15. The van der Waals surface area contributed by atoms with Crippen LogP contribution in [0.1, 0.15) is 56.0 Å². The second-order valence-corrected chi connectivity index (χ2v) is 5.68. The number of unbranched alkanes of at least 4 members (excludes halogenated alkanes) is 3. The summed E-state index contributed by atoms with van der Waals surface area (Å²) in [5, 5.41) is 3.72. The second-order valence-electron chi connectivity index (χ2n) is 4.60. The lowest BCUT2D eigenvalue weighted by atomic mass is 10.1. The van der Waals surface area contributed by atoms with E-state index < -0.39 is 0 Å². The minimum absolute atomic E-state index is 0.119. The molecule has 3 nitrogen and oxygen atoms in total. The van der Waals surface area contributed by atoms with Crippen LogP contribution in [-0.4, -0.2) is 10.9 Å². The van der Waals surface area contributed by atoms with E-state index in [1.807, 2.05) is 0 Å². The molecule has 17 heavy (non-hydrogen) atoms. The highest BCUT2D eigenvalue weighted by atomic mass is 32.1. The summed E-state index contributed by atoms with van der Waals surface area (Å²) in [6.07, 6.45) is 8.64. The number of thiazole rings is 1. The van der Waals surface area contributed by atoms with Crippen molar-refractivity contribution in [2.24, 2.45) is 0 Å². The van der Waals surface area contributed by atoms with Gasteiger partial charge in [0.25, 0.3) is 0 Å². The van der Waals surface area contributed by atoms with Crippen LogP contribution in [-0.2, 0) is 17.6 Å². The van der Waals surface area contributed by atoms with Gasteiger partial charge in [0.15, 0.2) is 5.13 Å². The molecule has 1 aliphatic rings. The molecule has 1 heterocycles. The highest BCUT2D eigenvalue weighted by Gasteiger charge is 2.17. The van der Waals surface area contributed by atoms with Crippen molar-refractivity contribution < 1.29 is 4.79 Å². The molecule has 0 saturated carbocycles. The predicted octanol–water partition coefficient (Wildman–Crippen LogP) is 3.54. The maximum absolute atomic E-state index is 11.7. The SMILES string of the molecule is CCCCCCC(=O)Nc1nc2c(s1)CCC2. The molecule has 4 heteroatoms. The lowest BCUT2D eigenvalue weighted by Crippen LogP contribution is -2.10. The van der Waals surface area contributed by atoms with Crippen LogP contribution < -0.4 is 5.32 Å². The molecule has 94 valence electrons. The van der Waals surface area contributed by atoms with E-state index in [2.05, 4.69) is 17.2 Å². The molecule has 0 atom stereocenters. The van der Waals surface area contributed by atoms with E-state index in [1.54, 1.807) is 11.3 Å². The molecular weight excluding hydrogens is 232 g/mol. The number of anilines is 1. The van der Waals surface area contributed by atoms with Crippen molar-refractivity contribution in [2.75, 3.05) is 5.32 Å². The highest BCUT2D eigenvalue weighted by molar-refractivity contribution is 7.15. The lowest BCUT2D eigenvalue weighted by molar-refractivity contribution is -0.116. The summed E-state index contributed by atoms with van der Waals surface area (Å²) in [6.45, 7) is 2.18. The Kier molecular flexibility index (Phi) is 4.54. The van der Waals surface area contributed by atoms with Crippen LogP contribution in [0, 0.1) is 0 Å². The molecule has 0 aliphatic heterocycles. The van der Waals surface area contributed by atoms with E-state index >= 15 is 0 Å². The summed E-state index contributed by atoms with van der Waals surface area (Å²) in [5.41, 5.74) is 1.20. The van der Waals surface area contributed by atoms with Crippen molar-refractivity contribution >= 4 is 22.4 Å². The smallest absolute Gasteiger partial charge is 0.226 e. The molecule has 0 radical (unpaired) electrons. The topological polar surface area (TPSA) is 42.0 Å². The number of aryl methyl sites for hydroxylation is 2. The number of carbonyl (C=O) groups excluding carboxylic acids is 1. The first-order valence-electron chi connectivity index (χ1n) is 6.58. The number of fused-ring (bicyclic) bond motifs is 1. The lowest BCUT2D eigenvalue weighted by Gasteiger charge is -2.01. The Morgan fingerprint density at radius 1 is 1.35 bits per heavy atom. The summed E-state index contributed by atoms with van der Waals surface area (Å²) in [4.78, 5) is 17.5. The monoisotopic (exact) mass is 252 g/mol. The van der Waals surface area contributed by atoms with Crippen molar-refractivity contribution in [3.8, 4) is 0 Å². The van der Waals surface area contributed by atoms with Gasteiger partial charge in [0, 0.05) is 11.3 Å². The number of nitrogens with one attached hydrogen (secondary N) is 1. The van der Waals surface area contributed by atoms with Gasteiger partial charge < -0.3 is 5.32 Å². The summed E-state index contributed by atoms with van der Waals surface area (Å²) >= 11 is 1.65. The number of rotatable bonds is 6. The standard InChI is InChI=1S/C13H20N2OS/c1-2-3-4-5-9-12(16)15-13-14-10-7-6-8-11(10)17-13/h2-9H2,1H3,(H,14,15,16). The fourth-order valence-electron chi connectivity index (χ4n) is 2.14. The van der Waals surface area contributed by atoms with Crippen LogP contribution in [0.2, 0.25) is 0 Å². The molecule has 0 bridgehead atoms. The van der Waals surface area contributed by atoms with E-state index in [9.17, 15) is 4.79 Å². The number of amides is 1. The predicted molar refractivity (Wildman–Crippen MR) is 71.5 cm³/mol. The highest BCUT2D eigenvalue weighted by Crippen LogP contribution is 2.30. The van der Waals surface area contributed by atoms with Crippen LogP contribution in [0.15, 0.2) is 0 Å². The average molecular weight is 252 g/mol. The van der Waals surface area contributed by atoms with Crippen molar-refractivity contribution in [3.05, 3.63) is 10.6 Å². The molecule has 0 aromatic carbocycles. The third-order valence-corrected chi connectivity index (χ3v) is 4.17. The zero-order chi connectivity index (χ0) is 12.1. The average Bonchev–Trinajstić information content (AvgIpc) is 2.84. The van der Waals surface area contributed by atoms with Gasteiger partial charge in [0.05, 0.1) is 5.69 Å². The van der Waals surface area contributed by atoms with E-state index in [4.69, 9.17) is 0 Å². The van der Waals surface area contributed by atoms with Gasteiger partial charge in [-0.25, -0.2) is 4.98 Å². The number of aromatic nitrogens is 1. The van der Waals surface area contributed by atoms with Crippen molar-refractivity contribution in [3.63, 3.8) is 0 Å². The Balaban J connectivity index is 1.74. The van der Waals surface area contributed by atoms with Crippen LogP contribution in [0.3, 0.4) is 0 Å². The Labute approximate surface area is 107 Å². The van der Waals surface area contributed by atoms with E-state index in [-0.39, 0.29) is 5.91 Å². The molecule has 2 rings (SSSR count). The maximum Gasteiger partial charge on any atom is 0.226 e. The van der Waals surface area contributed by atoms with Crippen molar-refractivity contribution in [1.29, 1.82) is 0 Å². The first-order valence-corrected chi connectivity index (χ1v) is 7.39. The third-order valence-electron chi connectivity index (χ3n) is 3.10. The van der Waals surface area contributed by atoms with E-state index in [0.29, 0.717) is 6.42 Å². The summed E-state index contributed by atoms with van der Waals surface area (Å²) in [5.74, 6) is 0.119. The zero-order valence-corrected chi connectivity index (χ0v) is 11.2. The van der Waals surface area contributed by atoms with Gasteiger partial charge in [-0.1, -0.05) is 26.2 Å². The van der Waals surface area contributed by atoms with E-state index in [0.717, 1.165) is 30.8 Å². The van der Waals surface area contributed by atoms with Crippen LogP contribution in [0.4, 0.5) is 5.13 Å². The van der Waals surface area contributed by atoms with Gasteiger partial charge in [0.1, 0.15) is 0 Å². The maximum atomic E-state index is 11.7. The Hall–Kier alpha value is -0.900. The van der Waals surface area contributed by atoms with Crippen molar-refractivity contribution in [2.45, 2.75) is 58.3 Å². The third kappa shape index (κ3) is 3.53. The van der Waals surface area contributed by atoms with Gasteiger partial charge in [-0.3, -0.25) is 4.79 Å². The molecule has 0 unspecified atom stereocenters. The van der Waals surface area contributed by atoms with Gasteiger partial charge in [-0.15, -0.1) is 11.3 Å². The summed E-state index contributed by atoms with van der Waals surface area (Å²) < 4.78 is 0. The molecule has 1 aliphatic carbocycles. The summed E-state index contributed by atoms with van der Waals surface area (Å²) in [6, 6.07) is 0. The number of hydrogen-bond donors (Lipinski definition) is 1. The van der Waals surface area contributed by atoms with Crippen LogP contribution in [0.5, 0.6) is 0 Å². The molecule has 0 saturated heterocycles. The molecule has 1 N–H and O–H groups in total.